The second-order valence-electron chi connectivity index (χ2n) is 6.34. The molecule has 136 valence electrons. The Hall–Kier alpha value is -1.08. The molecule has 1 amide bonds. The molecule has 0 saturated carbocycles. The lowest BCUT2D eigenvalue weighted by Crippen LogP contribution is -2.39. The topological polar surface area (TPSA) is 62.5 Å². The van der Waals surface area contributed by atoms with Crippen LogP contribution >= 0.6 is 11.8 Å². The number of aryl methyl sites for hydroxylation is 1. The van der Waals surface area contributed by atoms with Gasteiger partial charge in [-0.05, 0) is 38.5 Å². The van der Waals surface area contributed by atoms with Crippen molar-refractivity contribution < 1.29 is 9.32 Å². The highest BCUT2D eigenvalue weighted by Gasteiger charge is 2.27. The van der Waals surface area contributed by atoms with Gasteiger partial charge in [0.15, 0.2) is 5.82 Å². The first kappa shape index (κ1) is 19.2. The molecule has 0 unspecified atom stereocenters. The van der Waals surface area contributed by atoms with Crippen LogP contribution in [0, 0.1) is 6.92 Å². The molecule has 0 spiro atoms. The van der Waals surface area contributed by atoms with Crippen molar-refractivity contribution >= 4 is 17.7 Å². The Morgan fingerprint density at radius 2 is 2.21 bits per heavy atom. The van der Waals surface area contributed by atoms with E-state index in [0.717, 1.165) is 57.7 Å². The number of amides is 1. The maximum atomic E-state index is 12.6. The molecule has 2 rings (SSSR count). The van der Waals surface area contributed by atoms with Crippen LogP contribution in [0.3, 0.4) is 0 Å². The second-order valence-corrected chi connectivity index (χ2v) is 7.38. The van der Waals surface area contributed by atoms with E-state index in [1.54, 1.807) is 11.8 Å². The Balaban J connectivity index is 1.94. The third-order valence-corrected chi connectivity index (χ3v) is 5.88. The quantitative estimate of drug-likeness (QED) is 0.750. The van der Waals surface area contributed by atoms with Gasteiger partial charge in [0.05, 0.1) is 11.8 Å². The number of aromatic nitrogens is 2. The molecule has 0 aromatic carbocycles. The standard InChI is InChI=1S/C17H30N4O2S/c1-5-15(24-4)17(22)21-10-7-8-14(9-11-21)20(6-2)12-16-18-13(3)23-19-16/h14-15H,5-12H2,1-4H3/t14-,15+/m1/s1. The maximum Gasteiger partial charge on any atom is 0.235 e. The molecule has 6 nitrogen and oxygen atoms in total. The summed E-state index contributed by atoms with van der Waals surface area (Å²) in [4.78, 5) is 21.4. The minimum absolute atomic E-state index is 0.103. The fourth-order valence-electron chi connectivity index (χ4n) is 3.40. The minimum Gasteiger partial charge on any atom is -0.342 e. The highest BCUT2D eigenvalue weighted by atomic mass is 32.2. The number of nitrogens with zero attached hydrogens (tertiary/aromatic N) is 4. The smallest absolute Gasteiger partial charge is 0.235 e. The van der Waals surface area contributed by atoms with Gasteiger partial charge in [-0.25, -0.2) is 0 Å². The van der Waals surface area contributed by atoms with E-state index < -0.39 is 0 Å². The van der Waals surface area contributed by atoms with Gasteiger partial charge in [-0.2, -0.15) is 16.7 Å². The highest BCUT2D eigenvalue weighted by molar-refractivity contribution is 7.99. The summed E-state index contributed by atoms with van der Waals surface area (Å²) in [6.45, 7) is 9.47. The molecule has 2 heterocycles. The number of carbonyl (C=O) groups excluding carboxylic acids is 1. The fourth-order valence-corrected chi connectivity index (χ4v) is 4.08. The largest absolute Gasteiger partial charge is 0.342 e. The molecule has 0 bridgehead atoms. The van der Waals surface area contributed by atoms with E-state index >= 15 is 0 Å². The second kappa shape index (κ2) is 9.42. The van der Waals surface area contributed by atoms with Crippen LogP contribution in [0.2, 0.25) is 0 Å². The zero-order valence-electron chi connectivity index (χ0n) is 15.3. The SMILES string of the molecule is CC[C@H](SC)C(=O)N1CCC[C@@H](N(CC)Cc2noc(C)n2)CC1. The molecule has 1 aromatic heterocycles. The summed E-state index contributed by atoms with van der Waals surface area (Å²) in [5.74, 6) is 1.67. The summed E-state index contributed by atoms with van der Waals surface area (Å²) in [5, 5.41) is 4.12. The molecule has 1 aromatic rings. The Morgan fingerprint density at radius 1 is 1.42 bits per heavy atom. The summed E-state index contributed by atoms with van der Waals surface area (Å²) in [6, 6.07) is 0.473. The van der Waals surface area contributed by atoms with Crippen LogP contribution in [-0.2, 0) is 11.3 Å². The summed E-state index contributed by atoms with van der Waals surface area (Å²) in [6.07, 6.45) is 6.12. The van der Waals surface area contributed by atoms with Crippen molar-refractivity contribution in [2.75, 3.05) is 25.9 Å². The molecule has 24 heavy (non-hydrogen) atoms. The van der Waals surface area contributed by atoms with Crippen LogP contribution in [0.25, 0.3) is 0 Å². The van der Waals surface area contributed by atoms with E-state index in [1.165, 1.54) is 0 Å². The van der Waals surface area contributed by atoms with Crippen molar-refractivity contribution in [3.8, 4) is 0 Å². The highest BCUT2D eigenvalue weighted by Crippen LogP contribution is 2.21. The monoisotopic (exact) mass is 354 g/mol. The van der Waals surface area contributed by atoms with Gasteiger partial charge in [0.25, 0.3) is 0 Å². The molecular weight excluding hydrogens is 324 g/mol. The normalized spacial score (nSPS) is 20.2. The van der Waals surface area contributed by atoms with Crippen LogP contribution in [0.4, 0.5) is 0 Å². The predicted molar refractivity (Wildman–Crippen MR) is 96.9 cm³/mol. The van der Waals surface area contributed by atoms with Crippen LogP contribution in [0.1, 0.15) is 51.2 Å². The average molecular weight is 355 g/mol. The first-order chi connectivity index (χ1) is 11.6. The molecular formula is C17H30N4O2S. The van der Waals surface area contributed by atoms with Gasteiger partial charge in [-0.1, -0.05) is 19.0 Å². The number of hydrogen-bond acceptors (Lipinski definition) is 6. The number of carbonyl (C=O) groups is 1. The van der Waals surface area contributed by atoms with Crippen molar-refractivity contribution in [3.05, 3.63) is 11.7 Å². The Labute approximate surface area is 149 Å². The molecule has 7 heteroatoms. The Kier molecular flexibility index (Phi) is 7.55. The summed E-state index contributed by atoms with van der Waals surface area (Å²) >= 11 is 1.67. The molecule has 0 radical (unpaired) electrons. The van der Waals surface area contributed by atoms with Gasteiger partial charge in [-0.15, -0.1) is 0 Å². The Bertz CT molecular complexity index is 518. The molecule has 0 N–H and O–H groups in total. The van der Waals surface area contributed by atoms with E-state index in [-0.39, 0.29) is 5.25 Å². The molecule has 1 saturated heterocycles. The number of thioether (sulfide) groups is 1. The lowest BCUT2D eigenvalue weighted by Gasteiger charge is -2.29. The Morgan fingerprint density at radius 3 is 2.79 bits per heavy atom. The zero-order chi connectivity index (χ0) is 17.5. The zero-order valence-corrected chi connectivity index (χ0v) is 16.1. The average Bonchev–Trinajstić information content (AvgIpc) is 2.85. The van der Waals surface area contributed by atoms with Crippen molar-refractivity contribution in [3.63, 3.8) is 0 Å². The van der Waals surface area contributed by atoms with Gasteiger partial charge in [-0.3, -0.25) is 9.69 Å². The molecule has 2 atom stereocenters. The first-order valence-electron chi connectivity index (χ1n) is 8.93. The summed E-state index contributed by atoms with van der Waals surface area (Å²) in [5.41, 5.74) is 0. The molecule has 1 aliphatic heterocycles. The van der Waals surface area contributed by atoms with E-state index in [1.807, 2.05) is 13.2 Å². The van der Waals surface area contributed by atoms with Crippen molar-refractivity contribution in [1.82, 2.24) is 19.9 Å². The molecule has 1 aliphatic rings. The van der Waals surface area contributed by atoms with Gasteiger partial charge < -0.3 is 9.42 Å². The lowest BCUT2D eigenvalue weighted by molar-refractivity contribution is -0.130. The van der Waals surface area contributed by atoms with Gasteiger partial charge >= 0.3 is 0 Å². The van der Waals surface area contributed by atoms with Crippen molar-refractivity contribution in [2.45, 2.75) is 64.3 Å². The minimum atomic E-state index is 0.103. The van der Waals surface area contributed by atoms with E-state index in [4.69, 9.17) is 4.52 Å². The van der Waals surface area contributed by atoms with E-state index in [9.17, 15) is 4.79 Å². The summed E-state index contributed by atoms with van der Waals surface area (Å²) in [7, 11) is 0. The first-order valence-corrected chi connectivity index (χ1v) is 10.2. The predicted octanol–water partition coefficient (Wildman–Crippen LogP) is 2.72. The van der Waals surface area contributed by atoms with E-state index in [0.29, 0.717) is 17.8 Å². The van der Waals surface area contributed by atoms with Crippen LogP contribution < -0.4 is 0 Å². The lowest BCUT2D eigenvalue weighted by atomic mass is 10.1. The molecule has 1 fully saturated rings. The van der Waals surface area contributed by atoms with E-state index in [2.05, 4.69) is 33.8 Å². The number of likely N-dealkylation sites (tertiary alicyclic amines) is 1. The van der Waals surface area contributed by atoms with Gasteiger partial charge in [0.1, 0.15) is 0 Å². The number of rotatable bonds is 7. The van der Waals surface area contributed by atoms with Gasteiger partial charge in [0.2, 0.25) is 11.8 Å². The van der Waals surface area contributed by atoms with Crippen LogP contribution in [0.15, 0.2) is 4.52 Å². The fraction of sp³-hybridized carbons (Fsp3) is 0.824. The maximum absolute atomic E-state index is 12.6. The third-order valence-electron chi connectivity index (χ3n) is 4.78. The van der Waals surface area contributed by atoms with Crippen LogP contribution in [0.5, 0.6) is 0 Å². The van der Waals surface area contributed by atoms with Crippen LogP contribution in [-0.4, -0.2) is 63.0 Å². The third kappa shape index (κ3) is 4.96. The number of hydrogen-bond donors (Lipinski definition) is 0. The molecule has 0 aliphatic carbocycles. The van der Waals surface area contributed by atoms with Gasteiger partial charge in [0, 0.05) is 26.1 Å². The summed E-state index contributed by atoms with van der Waals surface area (Å²) < 4.78 is 5.08. The van der Waals surface area contributed by atoms with Crippen molar-refractivity contribution in [2.24, 2.45) is 0 Å². The van der Waals surface area contributed by atoms with Crippen molar-refractivity contribution in [1.29, 1.82) is 0 Å².